The van der Waals surface area contributed by atoms with Gasteiger partial charge in [-0.05, 0) is 320 Å². The highest BCUT2D eigenvalue weighted by molar-refractivity contribution is 5.93. The number of hydrogen-bond donors (Lipinski definition) is 0. The van der Waals surface area contributed by atoms with Gasteiger partial charge in [0, 0.05) is 138 Å². The highest BCUT2D eigenvalue weighted by Gasteiger charge is 2.26. The zero-order valence-corrected chi connectivity index (χ0v) is 84.9. The second-order valence-electron chi connectivity index (χ2n) is 35.4. The number of nitrogens with zero attached hydrogens (tertiary/aromatic N) is 3. The highest BCUT2D eigenvalue weighted by atomic mass is 16.6. The van der Waals surface area contributed by atoms with Crippen LogP contribution in [0.5, 0.6) is 0 Å². The molecule has 0 atom stereocenters. The van der Waals surface area contributed by atoms with E-state index < -0.39 is 65.7 Å². The summed E-state index contributed by atoms with van der Waals surface area (Å²) in [5.74, 6) is -5.53. The van der Waals surface area contributed by atoms with Crippen LogP contribution in [0.25, 0.3) is 11.1 Å². The van der Waals surface area contributed by atoms with Crippen molar-refractivity contribution in [1.29, 1.82) is 0 Å². The van der Waals surface area contributed by atoms with Gasteiger partial charge in [0.1, 0.15) is 33.0 Å². The van der Waals surface area contributed by atoms with Gasteiger partial charge in [0.2, 0.25) is 0 Å². The third kappa shape index (κ3) is 34.9. The van der Waals surface area contributed by atoms with Crippen molar-refractivity contribution in [3.05, 3.63) is 388 Å². The van der Waals surface area contributed by atoms with E-state index in [0.29, 0.717) is 130 Å². The molecule has 0 spiro atoms. The van der Waals surface area contributed by atoms with Crippen molar-refractivity contribution in [2.45, 2.75) is 174 Å². The second-order valence-corrected chi connectivity index (χ2v) is 35.4. The Bertz CT molecular complexity index is 5980. The Balaban J connectivity index is 0.000000400. The zero-order valence-electron chi connectivity index (χ0n) is 84.9. The summed E-state index contributed by atoms with van der Waals surface area (Å²) in [5.41, 5.74) is 23.1. The van der Waals surface area contributed by atoms with Gasteiger partial charge in [-0.3, -0.25) is 0 Å². The lowest BCUT2D eigenvalue weighted by molar-refractivity contribution is -0.141. The van der Waals surface area contributed by atoms with E-state index in [-0.39, 0.29) is 101 Å². The fourth-order valence-corrected chi connectivity index (χ4v) is 14.4. The predicted molar refractivity (Wildman–Crippen MR) is 561 cm³/mol. The van der Waals surface area contributed by atoms with E-state index in [9.17, 15) is 52.7 Å². The van der Waals surface area contributed by atoms with Crippen molar-refractivity contribution in [2.75, 3.05) is 54.3 Å². The topological polar surface area (TPSA) is 299 Å². The molecule has 0 aromatic heterocycles. The molecule has 144 heavy (non-hydrogen) atoms. The molecule has 9 aromatic carbocycles. The molecule has 0 aliphatic carbocycles. The molecular weight excluding hydrogens is 1820 g/mol. The Labute approximate surface area is 844 Å². The molecule has 0 heterocycles. The fraction of sp³-hybridized carbons (Fsp3) is 0.269. The van der Waals surface area contributed by atoms with Crippen LogP contribution in [0.4, 0.5) is 51.2 Å². The van der Waals surface area contributed by atoms with Gasteiger partial charge in [-0.25, -0.2) is 52.7 Å². The number of rotatable bonds is 51. The number of benzene rings is 9. The van der Waals surface area contributed by atoms with Crippen LogP contribution >= 0.6 is 0 Å². The highest BCUT2D eigenvalue weighted by Crippen LogP contribution is 2.44. The van der Waals surface area contributed by atoms with Crippen molar-refractivity contribution in [2.24, 2.45) is 0 Å². The Hall–Kier alpha value is -16.3. The third-order valence-electron chi connectivity index (χ3n) is 22.1. The molecule has 0 fully saturated rings. The number of anilines is 9. The van der Waals surface area contributed by atoms with Crippen LogP contribution in [0.3, 0.4) is 0 Å². The van der Waals surface area contributed by atoms with Gasteiger partial charge in [0.25, 0.3) is 0 Å². The Morgan fingerprint density at radius 3 is 0.694 bits per heavy atom. The standard InChI is InChI=1S/C76H84N2O12.C43H45NO10/c1-49(2)71(79)85-39-15-17-61-47-67(31-23-59(61)37-43-89-75(83)53(9)10)77(65-27-19-57(20-28-65)35-41-87-73(81)51(5)6)69-33-25-63(45-55(69)13)64-26-34-70(56(14)46-64)78(66-29-21-58(22-30-66)36-42-88-74(82)52(7)8)68-32-24-60(38-44-90-76(84)54(11)12)62(48-68)18-16-40-86-72(80)50(3)4;1-26(2)39(45)50-21-31-11-13-36(14-12-31)44(37-17-32(22-51-40(46)27(3)4)15-33(18-37)23-52-41(47)28(5)6)38-19-34(24-53-42(48)29(7)8)16-35(20-38)25-54-43(49)30(9)10/h19-34,45-48H,1,3,5,7,9,11,15-18,35-44H2,2,4,6,8,10,12-14H3;11-20H,1,3,5,7,9,21-25H2,2,4,6,8,10H3. The van der Waals surface area contributed by atoms with E-state index in [1.54, 1.807) is 97.0 Å². The maximum Gasteiger partial charge on any atom is 0.333 e. The largest absolute Gasteiger partial charge is 0.462 e. The average molecular weight is 1950 g/mol. The first-order valence-electron chi connectivity index (χ1n) is 46.8. The van der Waals surface area contributed by atoms with Crippen molar-refractivity contribution in [3.8, 4) is 11.1 Å². The van der Waals surface area contributed by atoms with Crippen LogP contribution in [0.1, 0.15) is 161 Å². The Morgan fingerprint density at radius 1 is 0.201 bits per heavy atom. The van der Waals surface area contributed by atoms with E-state index in [4.69, 9.17) is 52.1 Å². The molecule has 0 saturated heterocycles. The minimum Gasteiger partial charge on any atom is -0.462 e. The lowest BCUT2D eigenvalue weighted by Gasteiger charge is -2.29. The quantitative estimate of drug-likeness (QED) is 0.0148. The molecule has 0 radical (unpaired) electrons. The van der Waals surface area contributed by atoms with E-state index in [1.165, 1.54) is 27.7 Å². The summed E-state index contributed by atoms with van der Waals surface area (Å²) in [6.07, 6.45) is 4.15. The van der Waals surface area contributed by atoms with E-state index >= 15 is 0 Å². The van der Waals surface area contributed by atoms with Crippen molar-refractivity contribution in [1.82, 2.24) is 0 Å². The second kappa shape index (κ2) is 55.0. The third-order valence-corrected chi connectivity index (χ3v) is 22.1. The molecule has 0 amide bonds. The maximum absolute atomic E-state index is 12.4. The molecule has 25 nitrogen and oxygen atoms in total. The van der Waals surface area contributed by atoms with E-state index in [2.05, 4.69) is 169 Å². The van der Waals surface area contributed by atoms with Gasteiger partial charge in [-0.1, -0.05) is 133 Å². The number of aryl methyl sites for hydroxylation is 4. The fourth-order valence-electron chi connectivity index (χ4n) is 14.4. The molecule has 0 aliphatic rings. The van der Waals surface area contributed by atoms with Crippen LogP contribution < -0.4 is 14.7 Å². The van der Waals surface area contributed by atoms with Crippen LogP contribution in [0, 0.1) is 13.8 Å². The molecule has 0 bridgehead atoms. The van der Waals surface area contributed by atoms with Crippen molar-refractivity contribution >= 4 is 117 Å². The first kappa shape index (κ1) is 113. The lowest BCUT2D eigenvalue weighted by atomic mass is 9.96. The number of ether oxygens (including phenoxy) is 11. The van der Waals surface area contributed by atoms with E-state index in [1.807, 2.05) is 65.6 Å². The number of carbonyl (C=O) groups is 11. The first-order valence-corrected chi connectivity index (χ1v) is 46.8. The zero-order chi connectivity index (χ0) is 106. The molecule has 0 N–H and O–H groups in total. The minimum absolute atomic E-state index is 0.00951. The van der Waals surface area contributed by atoms with Crippen molar-refractivity contribution in [3.63, 3.8) is 0 Å². The summed E-state index contributed by atoms with van der Waals surface area (Å²) in [5, 5.41) is 0. The molecule has 0 unspecified atom stereocenters. The SMILES string of the molecule is C=C(C)C(=O)OCCCc1cc(N(c2ccc(CCOC(=O)C(=C)C)cc2)c2ccc(-c3ccc(N(c4ccc(CCOC(=O)C(=C)C)cc4)c4ccc(CCOC(=O)C(=C)C)c(CCCOC(=O)C(=C)C)c4)c(C)c3)cc2C)ccc1CCOC(=O)C(=C)C.C=C(C)C(=O)OCc1ccc(N(c2cc(COC(=O)C(=C)C)cc(COC(=O)C(=C)C)c2)c2cc(COC(=O)C(=C)C)cc(COC(=O)C(=C)C)c2)cc1. The summed E-state index contributed by atoms with van der Waals surface area (Å²) in [4.78, 5) is 142. The molecule has 0 saturated carbocycles. The average Bonchev–Trinajstić information content (AvgIpc) is 0.782. The number of hydrogen-bond acceptors (Lipinski definition) is 25. The predicted octanol–water partition coefficient (Wildman–Crippen LogP) is 23.9. The Morgan fingerprint density at radius 2 is 0.431 bits per heavy atom. The summed E-state index contributed by atoms with van der Waals surface area (Å²) in [7, 11) is 0. The van der Waals surface area contributed by atoms with Gasteiger partial charge >= 0.3 is 65.7 Å². The molecule has 752 valence electrons. The maximum atomic E-state index is 12.4. The monoisotopic (exact) mass is 1950 g/mol. The molecular formula is C119H129N3O22. The summed E-state index contributed by atoms with van der Waals surface area (Å²) >= 11 is 0. The van der Waals surface area contributed by atoms with Crippen LogP contribution in [-0.4, -0.2) is 105 Å². The molecule has 25 heteroatoms. The van der Waals surface area contributed by atoms with Gasteiger partial charge < -0.3 is 66.8 Å². The summed E-state index contributed by atoms with van der Waals surface area (Å²) in [6.45, 7) is 62.7. The van der Waals surface area contributed by atoms with E-state index in [0.717, 1.165) is 89.8 Å². The summed E-state index contributed by atoms with van der Waals surface area (Å²) < 4.78 is 60.1. The molecule has 9 rings (SSSR count). The van der Waals surface area contributed by atoms with Crippen LogP contribution in [-0.2, 0) is 176 Å². The lowest BCUT2D eigenvalue weighted by Crippen LogP contribution is -2.14. The van der Waals surface area contributed by atoms with Gasteiger partial charge in [0.05, 0.1) is 39.6 Å². The summed E-state index contributed by atoms with van der Waals surface area (Å²) in [6, 6.07) is 59.5. The molecule has 9 aromatic rings. The van der Waals surface area contributed by atoms with Crippen LogP contribution in [0.2, 0.25) is 0 Å². The van der Waals surface area contributed by atoms with Gasteiger partial charge in [0.15, 0.2) is 0 Å². The van der Waals surface area contributed by atoms with Crippen molar-refractivity contribution < 1.29 is 105 Å². The number of carbonyl (C=O) groups excluding carboxylic acids is 11. The minimum atomic E-state index is -0.582. The Kier molecular flexibility index (Phi) is 43.2. The number of esters is 11. The smallest absolute Gasteiger partial charge is 0.333 e. The first-order chi connectivity index (χ1) is 68.4. The van der Waals surface area contributed by atoms with Gasteiger partial charge in [-0.2, -0.15) is 0 Å². The normalized spacial score (nSPS) is 10.6. The van der Waals surface area contributed by atoms with Crippen LogP contribution in [0.15, 0.2) is 316 Å². The molecule has 0 aliphatic heterocycles. The van der Waals surface area contributed by atoms with Gasteiger partial charge in [-0.15, -0.1) is 0 Å².